The topological polar surface area (TPSA) is 98.2 Å². The van der Waals surface area contributed by atoms with Crippen molar-refractivity contribution in [3.8, 4) is 11.8 Å². The minimum atomic E-state index is -1.09. The van der Waals surface area contributed by atoms with E-state index in [0.717, 1.165) is 42.6 Å². The minimum absolute atomic E-state index is 0.342. The molecular weight excluding hydrogens is 353 g/mol. The molecule has 0 saturated heterocycles. The Kier molecular flexibility index (Phi) is 6.08. The summed E-state index contributed by atoms with van der Waals surface area (Å²) in [5.74, 6) is -2.44. The van der Waals surface area contributed by atoms with Crippen LogP contribution < -0.4 is 4.74 Å². The van der Waals surface area contributed by atoms with Crippen LogP contribution in [0.25, 0.3) is 6.08 Å². The van der Waals surface area contributed by atoms with Crippen LogP contribution in [0.5, 0.6) is 5.75 Å². The lowest BCUT2D eigenvalue weighted by atomic mass is 10.1. The molecule has 0 N–H and O–H groups in total. The average Bonchev–Trinajstić information content (AvgIpc) is 2.87. The lowest BCUT2D eigenvalue weighted by Gasteiger charge is -2.07. The van der Waals surface area contributed by atoms with Crippen molar-refractivity contribution in [1.82, 2.24) is 4.57 Å². The van der Waals surface area contributed by atoms with E-state index in [4.69, 9.17) is 4.74 Å². The third-order valence-corrected chi connectivity index (χ3v) is 4.02. The minimum Gasteiger partial charge on any atom is -0.415 e. The molecule has 2 rings (SSSR count). The summed E-state index contributed by atoms with van der Waals surface area (Å²) in [6.45, 7) is 6.62. The Morgan fingerprint density at radius 3 is 2.70 bits per heavy atom. The number of nitro benzene ring substituents is 1. The molecule has 0 fully saturated rings. The fourth-order valence-corrected chi connectivity index (χ4v) is 2.71. The Balaban J connectivity index is 2.37. The number of aryl methyl sites for hydroxylation is 1. The van der Waals surface area contributed by atoms with Crippen LogP contribution in [0.15, 0.2) is 29.8 Å². The smallest absolute Gasteiger partial charge is 0.354 e. The Bertz CT molecular complexity index is 970. The van der Waals surface area contributed by atoms with Crippen molar-refractivity contribution in [3.63, 3.8) is 0 Å². The van der Waals surface area contributed by atoms with Crippen LogP contribution in [0.1, 0.15) is 30.3 Å². The third-order valence-electron chi connectivity index (χ3n) is 4.02. The van der Waals surface area contributed by atoms with Crippen molar-refractivity contribution in [2.24, 2.45) is 0 Å². The van der Waals surface area contributed by atoms with Crippen molar-refractivity contribution in [2.45, 2.75) is 33.7 Å². The number of nitrogens with zero attached hydrogens (tertiary/aromatic N) is 3. The summed E-state index contributed by atoms with van der Waals surface area (Å²) in [7, 11) is 0. The zero-order valence-corrected chi connectivity index (χ0v) is 15.2. The lowest BCUT2D eigenvalue weighted by molar-refractivity contribution is -0.385. The van der Waals surface area contributed by atoms with E-state index in [1.807, 2.05) is 26.8 Å². The van der Waals surface area contributed by atoms with E-state index in [1.54, 1.807) is 6.07 Å². The van der Waals surface area contributed by atoms with E-state index in [0.29, 0.717) is 5.56 Å². The van der Waals surface area contributed by atoms with Crippen LogP contribution in [-0.2, 0) is 11.3 Å². The number of carbonyl (C=O) groups excluding carboxylic acids is 1. The Hall–Kier alpha value is -3.47. The maximum Gasteiger partial charge on any atom is 0.354 e. The number of esters is 1. The molecule has 0 aliphatic carbocycles. The molecular formula is C19H18FN3O4. The molecule has 140 valence electrons. The Labute approximate surface area is 155 Å². The summed E-state index contributed by atoms with van der Waals surface area (Å²) in [5, 5.41) is 20.3. The second-order valence-corrected chi connectivity index (χ2v) is 5.91. The fourth-order valence-electron chi connectivity index (χ4n) is 2.71. The zero-order valence-electron chi connectivity index (χ0n) is 15.2. The van der Waals surface area contributed by atoms with Gasteiger partial charge in [0.15, 0.2) is 0 Å². The molecule has 0 saturated carbocycles. The van der Waals surface area contributed by atoms with Crippen molar-refractivity contribution in [2.75, 3.05) is 0 Å². The van der Waals surface area contributed by atoms with E-state index >= 15 is 0 Å². The van der Waals surface area contributed by atoms with E-state index < -0.39 is 28.1 Å². The first-order chi connectivity index (χ1) is 12.8. The van der Waals surface area contributed by atoms with Crippen LogP contribution >= 0.6 is 0 Å². The monoisotopic (exact) mass is 371 g/mol. The largest absolute Gasteiger partial charge is 0.415 e. The highest BCUT2D eigenvalue weighted by Gasteiger charge is 2.21. The van der Waals surface area contributed by atoms with Crippen molar-refractivity contribution < 1.29 is 18.8 Å². The number of carbonyl (C=O) groups is 1. The van der Waals surface area contributed by atoms with Gasteiger partial charge < -0.3 is 9.30 Å². The number of benzene rings is 1. The van der Waals surface area contributed by atoms with Crippen LogP contribution in [0.4, 0.5) is 10.1 Å². The SMILES string of the molecule is CCCn1c(C)cc(/C=C(/C#N)C(=O)Oc2cc(F)ccc2[N+](=O)[O-])c1C. The number of ether oxygens (including phenoxy) is 1. The first-order valence-corrected chi connectivity index (χ1v) is 8.23. The number of aromatic nitrogens is 1. The van der Waals surface area contributed by atoms with Gasteiger partial charge in [0.2, 0.25) is 5.75 Å². The summed E-state index contributed by atoms with van der Waals surface area (Å²) in [6.07, 6.45) is 2.29. The first-order valence-electron chi connectivity index (χ1n) is 8.23. The predicted octanol–water partition coefficient (Wildman–Crippen LogP) is 4.07. The number of nitro groups is 1. The molecule has 8 heteroatoms. The summed E-state index contributed by atoms with van der Waals surface area (Å²) < 4.78 is 20.3. The van der Waals surface area contributed by atoms with Gasteiger partial charge in [0, 0.05) is 30.1 Å². The number of hydrogen-bond donors (Lipinski definition) is 0. The maximum absolute atomic E-state index is 13.4. The lowest BCUT2D eigenvalue weighted by Crippen LogP contribution is -2.11. The number of nitriles is 1. The number of halogens is 1. The quantitative estimate of drug-likeness (QED) is 0.190. The van der Waals surface area contributed by atoms with Crippen molar-refractivity contribution >= 4 is 17.7 Å². The molecule has 0 aliphatic rings. The standard InChI is InChI=1S/C19H18FN3O4/c1-4-7-22-12(2)8-14(13(22)3)9-15(11-21)19(24)27-18-10-16(20)5-6-17(18)23(25)26/h5-6,8-10H,4,7H2,1-3H3/b15-9-. The van der Waals surface area contributed by atoms with Gasteiger partial charge in [-0.15, -0.1) is 0 Å². The molecule has 7 nitrogen and oxygen atoms in total. The van der Waals surface area contributed by atoms with E-state index in [9.17, 15) is 24.6 Å². The maximum atomic E-state index is 13.4. The number of hydrogen-bond acceptors (Lipinski definition) is 5. The summed E-state index contributed by atoms with van der Waals surface area (Å²) in [6, 6.07) is 6.09. The molecule has 1 aromatic carbocycles. The van der Waals surface area contributed by atoms with Crippen LogP contribution in [0.2, 0.25) is 0 Å². The van der Waals surface area contributed by atoms with Crippen LogP contribution in [0, 0.1) is 41.1 Å². The van der Waals surface area contributed by atoms with E-state index in [-0.39, 0.29) is 5.57 Å². The molecule has 0 aliphatic heterocycles. The van der Waals surface area contributed by atoms with Gasteiger partial charge in [-0.1, -0.05) is 6.92 Å². The van der Waals surface area contributed by atoms with Crippen LogP contribution in [0.3, 0.4) is 0 Å². The summed E-state index contributed by atoms with van der Waals surface area (Å²) in [4.78, 5) is 22.5. The van der Waals surface area contributed by atoms with Gasteiger partial charge in [0.25, 0.3) is 0 Å². The van der Waals surface area contributed by atoms with Gasteiger partial charge in [-0.05, 0) is 44.0 Å². The summed E-state index contributed by atoms with van der Waals surface area (Å²) in [5.41, 5.74) is 1.62. The molecule has 2 aromatic rings. The first kappa shape index (κ1) is 19.8. The predicted molar refractivity (Wildman–Crippen MR) is 96.5 cm³/mol. The van der Waals surface area contributed by atoms with Crippen molar-refractivity contribution in [1.29, 1.82) is 5.26 Å². The third kappa shape index (κ3) is 4.39. The molecule has 0 unspecified atom stereocenters. The van der Waals surface area contributed by atoms with Crippen LogP contribution in [-0.4, -0.2) is 15.5 Å². The van der Waals surface area contributed by atoms with Gasteiger partial charge in [-0.2, -0.15) is 5.26 Å². The van der Waals surface area contributed by atoms with Gasteiger partial charge in [-0.3, -0.25) is 10.1 Å². The molecule has 1 heterocycles. The molecule has 27 heavy (non-hydrogen) atoms. The molecule has 0 radical (unpaired) electrons. The second-order valence-electron chi connectivity index (χ2n) is 5.91. The Morgan fingerprint density at radius 1 is 1.41 bits per heavy atom. The highest BCUT2D eigenvalue weighted by atomic mass is 19.1. The van der Waals surface area contributed by atoms with E-state index in [2.05, 4.69) is 4.57 Å². The second kappa shape index (κ2) is 8.27. The molecule has 1 aromatic heterocycles. The molecule has 0 amide bonds. The zero-order chi connectivity index (χ0) is 20.1. The Morgan fingerprint density at radius 2 is 2.11 bits per heavy atom. The normalized spacial score (nSPS) is 11.1. The van der Waals surface area contributed by atoms with E-state index in [1.165, 1.54) is 6.08 Å². The molecule has 0 bridgehead atoms. The average molecular weight is 371 g/mol. The number of rotatable bonds is 6. The van der Waals surface area contributed by atoms with Crippen molar-refractivity contribution in [3.05, 3.63) is 62.7 Å². The van der Waals surface area contributed by atoms with Gasteiger partial charge >= 0.3 is 11.7 Å². The highest BCUT2D eigenvalue weighted by Crippen LogP contribution is 2.28. The van der Waals surface area contributed by atoms with Gasteiger partial charge in [-0.25, -0.2) is 9.18 Å². The van der Waals surface area contributed by atoms with Gasteiger partial charge in [0.05, 0.1) is 4.92 Å². The summed E-state index contributed by atoms with van der Waals surface area (Å²) >= 11 is 0. The molecule has 0 atom stereocenters. The highest BCUT2D eigenvalue weighted by molar-refractivity contribution is 5.99. The fraction of sp³-hybridized carbons (Fsp3) is 0.263. The van der Waals surface area contributed by atoms with Gasteiger partial charge in [0.1, 0.15) is 17.5 Å². The molecule has 0 spiro atoms.